The number of rotatable bonds is 4. The molecule has 1 aromatic rings. The molecule has 0 aliphatic heterocycles. The minimum absolute atomic E-state index is 0.0416. The summed E-state index contributed by atoms with van der Waals surface area (Å²) in [5.41, 5.74) is 0. The van der Waals surface area contributed by atoms with Gasteiger partial charge < -0.3 is 10.1 Å². The minimum Gasteiger partial charge on any atom is -0.468 e. The smallest absolute Gasteiger partial charge is 0.408 e. The molecule has 1 amide bonds. The zero-order valence-corrected chi connectivity index (χ0v) is 11.5. The van der Waals surface area contributed by atoms with E-state index < -0.39 is 35.4 Å². The highest BCUT2D eigenvalue weighted by molar-refractivity contribution is 6.39. The summed E-state index contributed by atoms with van der Waals surface area (Å²) in [6.45, 7) is -1.26. The maximum Gasteiger partial charge on any atom is 0.408 e. The van der Waals surface area contributed by atoms with Crippen molar-refractivity contribution in [3.05, 3.63) is 12.3 Å². The van der Waals surface area contributed by atoms with E-state index in [0.29, 0.717) is 4.68 Å². The molecular formula is C11H11ClF3N3O3. The van der Waals surface area contributed by atoms with Crippen molar-refractivity contribution in [1.29, 1.82) is 0 Å². The van der Waals surface area contributed by atoms with Crippen molar-refractivity contribution in [2.24, 2.45) is 5.92 Å². The standard InChI is InChI=1S/C11H11ClF3N3O3/c1-21-9(20)10(12)4-6(10)8(19)16-7-2-3-18(17-7)5-11(13,14)15/h2-3,6H,4-5H2,1H3,(H,16,17,19)/t6-,10-/m1/s1. The quantitative estimate of drug-likeness (QED) is 0.673. The van der Waals surface area contributed by atoms with Crippen LogP contribution in [0.25, 0.3) is 0 Å². The molecule has 1 aromatic heterocycles. The summed E-state index contributed by atoms with van der Waals surface area (Å²) in [4.78, 5) is 21.8. The maximum absolute atomic E-state index is 12.2. The van der Waals surface area contributed by atoms with Gasteiger partial charge in [0.2, 0.25) is 5.91 Å². The molecule has 1 aliphatic carbocycles. The summed E-state index contributed by atoms with van der Waals surface area (Å²) in [6, 6.07) is 1.22. The second kappa shape index (κ2) is 5.21. The van der Waals surface area contributed by atoms with E-state index in [0.717, 1.165) is 13.3 Å². The second-order valence-electron chi connectivity index (χ2n) is 4.61. The van der Waals surface area contributed by atoms with Crippen molar-refractivity contribution in [3.63, 3.8) is 0 Å². The Morgan fingerprint density at radius 2 is 2.29 bits per heavy atom. The predicted octanol–water partition coefficient (Wildman–Crippen LogP) is 1.55. The third kappa shape index (κ3) is 3.46. The molecule has 1 fully saturated rings. The van der Waals surface area contributed by atoms with Crippen molar-refractivity contribution in [3.8, 4) is 0 Å². The number of nitrogens with one attached hydrogen (secondary N) is 1. The van der Waals surface area contributed by atoms with Crippen LogP contribution in [0.5, 0.6) is 0 Å². The van der Waals surface area contributed by atoms with Gasteiger partial charge >= 0.3 is 12.1 Å². The van der Waals surface area contributed by atoms with Gasteiger partial charge in [-0.25, -0.2) is 0 Å². The molecule has 10 heteroatoms. The van der Waals surface area contributed by atoms with Crippen LogP contribution in [0.2, 0.25) is 0 Å². The first-order valence-electron chi connectivity index (χ1n) is 5.84. The summed E-state index contributed by atoms with van der Waals surface area (Å²) in [6.07, 6.45) is -3.21. The van der Waals surface area contributed by atoms with Crippen LogP contribution in [-0.4, -0.2) is 39.8 Å². The molecule has 0 saturated heterocycles. The number of halogens is 4. The Morgan fingerprint density at radius 3 is 2.86 bits per heavy atom. The average Bonchev–Trinajstić information content (AvgIpc) is 2.90. The number of aromatic nitrogens is 2. The largest absolute Gasteiger partial charge is 0.468 e. The van der Waals surface area contributed by atoms with Gasteiger partial charge in [0.15, 0.2) is 10.7 Å². The van der Waals surface area contributed by atoms with E-state index in [4.69, 9.17) is 11.6 Å². The van der Waals surface area contributed by atoms with Crippen molar-refractivity contribution in [1.82, 2.24) is 9.78 Å². The Bertz CT molecular complexity index is 575. The molecule has 2 rings (SSSR count). The van der Waals surface area contributed by atoms with E-state index in [1.54, 1.807) is 0 Å². The van der Waals surface area contributed by atoms with Gasteiger partial charge in [-0.2, -0.15) is 18.3 Å². The normalized spacial score (nSPS) is 24.5. The number of hydrogen-bond acceptors (Lipinski definition) is 4. The lowest BCUT2D eigenvalue weighted by molar-refractivity contribution is -0.143. The van der Waals surface area contributed by atoms with E-state index in [1.807, 2.05) is 0 Å². The minimum atomic E-state index is -4.40. The Morgan fingerprint density at radius 1 is 1.62 bits per heavy atom. The summed E-state index contributed by atoms with van der Waals surface area (Å²) in [5, 5.41) is 5.88. The van der Waals surface area contributed by atoms with Crippen LogP contribution in [0.1, 0.15) is 6.42 Å². The van der Waals surface area contributed by atoms with E-state index >= 15 is 0 Å². The fraction of sp³-hybridized carbons (Fsp3) is 0.545. The van der Waals surface area contributed by atoms with Gasteiger partial charge in [0.05, 0.1) is 13.0 Å². The molecule has 0 radical (unpaired) electrons. The zero-order valence-electron chi connectivity index (χ0n) is 10.8. The zero-order chi connectivity index (χ0) is 15.8. The van der Waals surface area contributed by atoms with Gasteiger partial charge in [0.1, 0.15) is 6.54 Å². The molecule has 116 valence electrons. The highest BCUT2D eigenvalue weighted by Gasteiger charge is 2.64. The van der Waals surface area contributed by atoms with E-state index in [-0.39, 0.29) is 12.2 Å². The van der Waals surface area contributed by atoms with Gasteiger partial charge in [-0.1, -0.05) is 0 Å². The van der Waals surface area contributed by atoms with Crippen molar-refractivity contribution >= 4 is 29.3 Å². The lowest BCUT2D eigenvalue weighted by atomic mass is 10.3. The summed E-state index contributed by atoms with van der Waals surface area (Å²) in [7, 11) is 1.15. The third-order valence-corrected chi connectivity index (χ3v) is 3.54. The van der Waals surface area contributed by atoms with Gasteiger partial charge in [-0.3, -0.25) is 14.3 Å². The number of nitrogens with zero attached hydrogens (tertiary/aromatic N) is 2. The summed E-state index contributed by atoms with van der Waals surface area (Å²) in [5.74, 6) is -2.14. The number of hydrogen-bond donors (Lipinski definition) is 1. The van der Waals surface area contributed by atoms with E-state index in [9.17, 15) is 22.8 Å². The van der Waals surface area contributed by atoms with Crippen LogP contribution in [0.15, 0.2) is 12.3 Å². The molecule has 1 aliphatic rings. The lowest BCUT2D eigenvalue weighted by Gasteiger charge is -2.07. The number of ether oxygens (including phenoxy) is 1. The SMILES string of the molecule is COC(=O)[C@@]1(Cl)C[C@@H]1C(=O)Nc1ccn(CC(F)(F)F)n1. The molecule has 1 N–H and O–H groups in total. The number of alkyl halides is 4. The average molecular weight is 326 g/mol. The fourth-order valence-electron chi connectivity index (χ4n) is 1.85. The van der Waals surface area contributed by atoms with Crippen LogP contribution in [0.3, 0.4) is 0 Å². The fourth-order valence-corrected chi connectivity index (χ4v) is 2.18. The predicted molar refractivity (Wildman–Crippen MR) is 65.6 cm³/mol. The Labute approximate surface area is 122 Å². The van der Waals surface area contributed by atoms with Gasteiger partial charge in [-0.05, 0) is 6.42 Å². The molecule has 21 heavy (non-hydrogen) atoms. The van der Waals surface area contributed by atoms with Gasteiger partial charge in [-0.15, -0.1) is 11.6 Å². The molecule has 0 aromatic carbocycles. The monoisotopic (exact) mass is 325 g/mol. The van der Waals surface area contributed by atoms with Crippen LogP contribution in [0.4, 0.5) is 19.0 Å². The van der Waals surface area contributed by atoms with Gasteiger partial charge in [0.25, 0.3) is 0 Å². The van der Waals surface area contributed by atoms with Crippen LogP contribution in [0, 0.1) is 5.92 Å². The molecular weight excluding hydrogens is 315 g/mol. The van der Waals surface area contributed by atoms with Crippen LogP contribution < -0.4 is 5.32 Å². The van der Waals surface area contributed by atoms with Crippen molar-refractivity contribution < 1.29 is 27.5 Å². The lowest BCUT2D eigenvalue weighted by Crippen LogP contribution is -2.26. The van der Waals surface area contributed by atoms with Crippen molar-refractivity contribution in [2.45, 2.75) is 24.0 Å². The number of anilines is 1. The molecule has 1 saturated carbocycles. The Kier molecular flexibility index (Phi) is 3.87. The number of methoxy groups -OCH3 is 1. The second-order valence-corrected chi connectivity index (χ2v) is 5.29. The maximum atomic E-state index is 12.2. The van der Waals surface area contributed by atoms with E-state index in [1.165, 1.54) is 6.07 Å². The topological polar surface area (TPSA) is 73.2 Å². The van der Waals surface area contributed by atoms with Crippen LogP contribution >= 0.6 is 11.6 Å². The first-order chi connectivity index (χ1) is 9.65. The molecule has 2 atom stereocenters. The summed E-state index contributed by atoms with van der Waals surface area (Å²) < 4.78 is 41.6. The highest BCUT2D eigenvalue weighted by Crippen LogP contribution is 2.50. The molecule has 1 heterocycles. The Balaban J connectivity index is 1.95. The molecule has 6 nitrogen and oxygen atoms in total. The first kappa shape index (κ1) is 15.6. The van der Waals surface area contributed by atoms with Gasteiger partial charge in [0, 0.05) is 12.3 Å². The number of amides is 1. The highest BCUT2D eigenvalue weighted by atomic mass is 35.5. The molecule has 0 bridgehead atoms. The van der Waals surface area contributed by atoms with Crippen LogP contribution in [-0.2, 0) is 20.9 Å². The number of carbonyl (C=O) groups excluding carboxylic acids is 2. The number of esters is 1. The number of carbonyl (C=O) groups is 2. The first-order valence-corrected chi connectivity index (χ1v) is 6.22. The molecule has 0 spiro atoms. The van der Waals surface area contributed by atoms with Crippen molar-refractivity contribution in [2.75, 3.05) is 12.4 Å². The summed E-state index contributed by atoms with van der Waals surface area (Å²) >= 11 is 5.90. The Hall–Kier alpha value is -1.77. The third-order valence-electron chi connectivity index (χ3n) is 2.97. The van der Waals surface area contributed by atoms with E-state index in [2.05, 4.69) is 15.2 Å². The molecule has 0 unspecified atom stereocenters.